The summed E-state index contributed by atoms with van der Waals surface area (Å²) >= 11 is 2.65. The van der Waals surface area contributed by atoms with Gasteiger partial charge in [0.2, 0.25) is 0 Å². The van der Waals surface area contributed by atoms with Crippen molar-refractivity contribution in [1.29, 1.82) is 0 Å². The van der Waals surface area contributed by atoms with E-state index in [-0.39, 0.29) is 11.4 Å². The van der Waals surface area contributed by atoms with Crippen molar-refractivity contribution in [2.24, 2.45) is 0 Å². The summed E-state index contributed by atoms with van der Waals surface area (Å²) in [5, 5.41) is 5.60. The maximum Gasteiger partial charge on any atom is 0.344 e. The molecule has 2 rings (SSSR count). The Bertz CT molecular complexity index is 509. The Morgan fingerprint density at radius 2 is 2.47 bits per heavy atom. The number of nitrogens with zero attached hydrogens (tertiary/aromatic N) is 2. The van der Waals surface area contributed by atoms with Gasteiger partial charge in [0.05, 0.1) is 24.9 Å². The van der Waals surface area contributed by atoms with Gasteiger partial charge in [-0.25, -0.2) is 9.78 Å². The van der Waals surface area contributed by atoms with E-state index in [2.05, 4.69) is 19.4 Å². The molecule has 0 atom stereocenters. The van der Waals surface area contributed by atoms with Gasteiger partial charge in [-0.3, -0.25) is 0 Å². The molecule has 0 saturated heterocycles. The highest BCUT2D eigenvalue weighted by molar-refractivity contribution is 7.11. The van der Waals surface area contributed by atoms with Crippen LogP contribution in [-0.2, 0) is 11.3 Å². The second kappa shape index (κ2) is 5.11. The van der Waals surface area contributed by atoms with E-state index < -0.39 is 5.97 Å². The average molecular weight is 270 g/mol. The smallest absolute Gasteiger partial charge is 0.344 e. The van der Waals surface area contributed by atoms with Gasteiger partial charge in [0, 0.05) is 5.38 Å². The van der Waals surface area contributed by atoms with Crippen LogP contribution in [0, 0.1) is 0 Å². The molecule has 2 aromatic heterocycles. The molecule has 17 heavy (non-hydrogen) atoms. The number of hydrogen-bond acceptors (Lipinski definition) is 8. The third-order valence-electron chi connectivity index (χ3n) is 2.02. The highest BCUT2D eigenvalue weighted by Gasteiger charge is 2.19. The van der Waals surface area contributed by atoms with Crippen LogP contribution in [0.25, 0.3) is 0 Å². The van der Waals surface area contributed by atoms with Gasteiger partial charge in [-0.1, -0.05) is 0 Å². The average Bonchev–Trinajstić information content (AvgIpc) is 2.95. The second-order valence-electron chi connectivity index (χ2n) is 3.10. The first-order valence-corrected chi connectivity index (χ1v) is 6.38. The zero-order valence-corrected chi connectivity index (χ0v) is 10.6. The van der Waals surface area contributed by atoms with E-state index in [4.69, 9.17) is 5.73 Å². The van der Waals surface area contributed by atoms with Crippen molar-refractivity contribution in [2.45, 2.75) is 6.54 Å². The van der Waals surface area contributed by atoms with Crippen molar-refractivity contribution in [3.05, 3.63) is 22.1 Å². The molecule has 0 aliphatic heterocycles. The summed E-state index contributed by atoms with van der Waals surface area (Å²) in [5.74, 6) is -0.306. The van der Waals surface area contributed by atoms with Gasteiger partial charge >= 0.3 is 5.97 Å². The highest BCUT2D eigenvalue weighted by Crippen LogP contribution is 2.27. The summed E-state index contributed by atoms with van der Waals surface area (Å²) < 4.78 is 8.57. The molecular weight excluding hydrogens is 260 g/mol. The zero-order valence-electron chi connectivity index (χ0n) is 8.97. The van der Waals surface area contributed by atoms with Crippen molar-refractivity contribution in [3.63, 3.8) is 0 Å². The molecule has 0 aliphatic rings. The maximum absolute atomic E-state index is 11.5. The largest absolute Gasteiger partial charge is 0.465 e. The molecule has 0 fully saturated rings. The molecule has 2 heterocycles. The Labute approximate surface area is 106 Å². The third-order valence-corrected chi connectivity index (χ3v) is 3.48. The summed E-state index contributed by atoms with van der Waals surface area (Å²) in [6.07, 6.45) is 0. The summed E-state index contributed by atoms with van der Waals surface area (Å²) in [7, 11) is 1.31. The van der Waals surface area contributed by atoms with Crippen LogP contribution in [0.2, 0.25) is 0 Å². The van der Waals surface area contributed by atoms with Crippen LogP contribution >= 0.6 is 22.9 Å². The minimum atomic E-state index is -0.489. The molecule has 0 spiro atoms. The molecule has 0 amide bonds. The fraction of sp³-hybridized carbons (Fsp3) is 0.222. The van der Waals surface area contributed by atoms with Gasteiger partial charge in [-0.05, 0) is 11.5 Å². The van der Waals surface area contributed by atoms with E-state index in [0.717, 1.165) is 17.2 Å². The molecular formula is C9H10N4O2S2. The summed E-state index contributed by atoms with van der Waals surface area (Å²) in [6.45, 7) is 0.523. The lowest BCUT2D eigenvalue weighted by atomic mass is 10.3. The van der Waals surface area contributed by atoms with Crippen molar-refractivity contribution >= 4 is 39.7 Å². The molecule has 0 unspecified atom stereocenters. The highest BCUT2D eigenvalue weighted by atomic mass is 32.1. The van der Waals surface area contributed by atoms with Crippen LogP contribution in [0.5, 0.6) is 0 Å². The van der Waals surface area contributed by atoms with Gasteiger partial charge in [-0.15, -0.1) is 11.3 Å². The Balaban J connectivity index is 2.13. The van der Waals surface area contributed by atoms with E-state index >= 15 is 0 Å². The lowest BCUT2D eigenvalue weighted by molar-refractivity contribution is 0.0603. The van der Waals surface area contributed by atoms with E-state index in [1.165, 1.54) is 18.4 Å². The quantitative estimate of drug-likeness (QED) is 0.820. The minimum Gasteiger partial charge on any atom is -0.465 e. The topological polar surface area (TPSA) is 90.1 Å². The standard InChI is InChI=1S/C9H10N4O2S2/c1-15-9(14)6-7(10)13-17-8(6)11-2-5-3-16-4-12-5/h3-4,11H,2H2,1H3,(H2,10,13). The van der Waals surface area contributed by atoms with Crippen molar-refractivity contribution in [3.8, 4) is 0 Å². The zero-order chi connectivity index (χ0) is 12.3. The van der Waals surface area contributed by atoms with Crippen LogP contribution < -0.4 is 11.1 Å². The lowest BCUT2D eigenvalue weighted by Gasteiger charge is -2.03. The second-order valence-corrected chi connectivity index (χ2v) is 4.59. The number of nitrogens with two attached hydrogens (primary N) is 1. The number of anilines is 2. The van der Waals surface area contributed by atoms with Gasteiger partial charge in [-0.2, -0.15) is 4.37 Å². The Morgan fingerprint density at radius 3 is 3.12 bits per heavy atom. The van der Waals surface area contributed by atoms with Crippen LogP contribution in [0.4, 0.5) is 10.8 Å². The normalized spacial score (nSPS) is 10.2. The molecule has 2 aromatic rings. The number of esters is 1. The lowest BCUT2D eigenvalue weighted by Crippen LogP contribution is -2.08. The number of carbonyl (C=O) groups excluding carboxylic acids is 1. The summed E-state index contributed by atoms with van der Waals surface area (Å²) in [4.78, 5) is 15.6. The van der Waals surface area contributed by atoms with Crippen LogP contribution in [0.1, 0.15) is 16.1 Å². The van der Waals surface area contributed by atoms with Crippen molar-refractivity contribution < 1.29 is 9.53 Å². The van der Waals surface area contributed by atoms with Crippen molar-refractivity contribution in [2.75, 3.05) is 18.2 Å². The van der Waals surface area contributed by atoms with Gasteiger partial charge in [0.15, 0.2) is 5.82 Å². The van der Waals surface area contributed by atoms with Gasteiger partial charge in [0.25, 0.3) is 0 Å². The number of nitrogens with one attached hydrogen (secondary N) is 1. The summed E-state index contributed by atoms with van der Waals surface area (Å²) in [6, 6.07) is 0. The number of rotatable bonds is 4. The number of hydrogen-bond donors (Lipinski definition) is 2. The Morgan fingerprint density at radius 1 is 1.65 bits per heavy atom. The maximum atomic E-state index is 11.5. The number of methoxy groups -OCH3 is 1. The van der Waals surface area contributed by atoms with Crippen LogP contribution in [0.3, 0.4) is 0 Å². The Kier molecular flexibility index (Phi) is 3.55. The van der Waals surface area contributed by atoms with Crippen LogP contribution in [0.15, 0.2) is 10.9 Å². The molecule has 8 heteroatoms. The number of thiazole rings is 1. The summed E-state index contributed by atoms with van der Waals surface area (Å²) in [5.41, 5.74) is 8.55. The molecule has 0 radical (unpaired) electrons. The molecule has 3 N–H and O–H groups in total. The van der Waals surface area contributed by atoms with Gasteiger partial charge < -0.3 is 15.8 Å². The molecule has 0 aromatic carbocycles. The predicted octanol–water partition coefficient (Wildman–Crippen LogP) is 1.58. The molecule has 0 saturated carbocycles. The van der Waals surface area contributed by atoms with E-state index in [9.17, 15) is 4.79 Å². The number of nitrogen functional groups attached to an aromatic ring is 1. The monoisotopic (exact) mass is 270 g/mol. The van der Waals surface area contributed by atoms with E-state index in [1.807, 2.05) is 5.38 Å². The molecule has 6 nitrogen and oxygen atoms in total. The predicted molar refractivity (Wildman–Crippen MR) is 67.3 cm³/mol. The molecule has 90 valence electrons. The SMILES string of the molecule is COC(=O)c1c(N)nsc1NCc1cscn1. The minimum absolute atomic E-state index is 0.183. The van der Waals surface area contributed by atoms with E-state index in [0.29, 0.717) is 11.5 Å². The first-order valence-electron chi connectivity index (χ1n) is 4.66. The van der Waals surface area contributed by atoms with Crippen LogP contribution in [-0.4, -0.2) is 22.4 Å². The first kappa shape index (κ1) is 11.8. The number of carbonyl (C=O) groups is 1. The number of aromatic nitrogens is 2. The third kappa shape index (κ3) is 2.53. The molecule has 0 bridgehead atoms. The fourth-order valence-corrected chi connectivity index (χ4v) is 2.47. The van der Waals surface area contributed by atoms with Gasteiger partial charge in [0.1, 0.15) is 10.6 Å². The first-order chi connectivity index (χ1) is 8.22. The number of ether oxygens (including phenoxy) is 1. The fourth-order valence-electron chi connectivity index (χ4n) is 1.22. The van der Waals surface area contributed by atoms with E-state index in [1.54, 1.807) is 5.51 Å². The molecule has 0 aliphatic carbocycles. The van der Waals surface area contributed by atoms with Crippen molar-refractivity contribution in [1.82, 2.24) is 9.36 Å². The Hall–Kier alpha value is -1.67.